The first-order chi connectivity index (χ1) is 10.5. The van der Waals surface area contributed by atoms with E-state index in [1.165, 1.54) is 40.9 Å². The van der Waals surface area contributed by atoms with Gasteiger partial charge in [-0.1, -0.05) is 35.3 Å². The van der Waals surface area contributed by atoms with Crippen LogP contribution in [0, 0.1) is 0 Å². The number of halogens is 2. The van der Waals surface area contributed by atoms with Gasteiger partial charge in [-0.15, -0.1) is 22.7 Å². The number of thiophene rings is 1. The highest BCUT2D eigenvalue weighted by molar-refractivity contribution is 7.93. The Bertz CT molecular complexity index is 905. The highest BCUT2D eigenvalue weighted by atomic mass is 35.5. The summed E-state index contributed by atoms with van der Waals surface area (Å²) < 4.78 is 27.2. The lowest BCUT2D eigenvalue weighted by molar-refractivity contribution is 0.601. The summed E-state index contributed by atoms with van der Waals surface area (Å²) in [6.07, 6.45) is 0. The Balaban J connectivity index is 1.91. The van der Waals surface area contributed by atoms with Crippen molar-refractivity contribution >= 4 is 61.0 Å². The molecular formula is C13H8Cl2N2O2S3. The smallest absolute Gasteiger partial charge is 0.255 e. The van der Waals surface area contributed by atoms with Crippen LogP contribution in [0.25, 0.3) is 10.6 Å². The van der Waals surface area contributed by atoms with Crippen LogP contribution in [0.5, 0.6) is 0 Å². The van der Waals surface area contributed by atoms with Crippen molar-refractivity contribution in [3.05, 3.63) is 51.1 Å². The second kappa shape index (κ2) is 6.17. The van der Waals surface area contributed by atoms with Gasteiger partial charge < -0.3 is 0 Å². The maximum atomic E-state index is 12.4. The molecule has 0 saturated heterocycles. The zero-order valence-electron chi connectivity index (χ0n) is 10.8. The average molecular weight is 391 g/mol. The summed E-state index contributed by atoms with van der Waals surface area (Å²) in [4.78, 5) is 5.18. The number of hydrogen-bond donors (Lipinski definition) is 1. The molecule has 4 nitrogen and oxygen atoms in total. The third kappa shape index (κ3) is 3.13. The van der Waals surface area contributed by atoms with Gasteiger partial charge in [0, 0.05) is 5.38 Å². The van der Waals surface area contributed by atoms with Crippen LogP contribution >= 0.6 is 45.9 Å². The number of benzene rings is 1. The summed E-state index contributed by atoms with van der Waals surface area (Å²) in [7, 11) is -3.84. The quantitative estimate of drug-likeness (QED) is 0.683. The molecular weight excluding hydrogens is 383 g/mol. The first-order valence-corrected chi connectivity index (χ1v) is 9.93. The SMILES string of the molecule is O=S(=O)(Nc1nc(-c2cccs2)cs1)c1cccc(Cl)c1Cl. The van der Waals surface area contributed by atoms with E-state index in [9.17, 15) is 8.42 Å². The number of aromatic nitrogens is 1. The van der Waals surface area contributed by atoms with Crippen LogP contribution in [0.2, 0.25) is 10.0 Å². The van der Waals surface area contributed by atoms with Crippen molar-refractivity contribution in [1.82, 2.24) is 4.98 Å². The van der Waals surface area contributed by atoms with Gasteiger partial charge in [0.1, 0.15) is 4.90 Å². The van der Waals surface area contributed by atoms with Gasteiger partial charge in [0.05, 0.1) is 20.6 Å². The van der Waals surface area contributed by atoms with Crippen molar-refractivity contribution in [3.63, 3.8) is 0 Å². The molecule has 0 bridgehead atoms. The number of thiazole rings is 1. The van der Waals surface area contributed by atoms with Crippen molar-refractivity contribution in [3.8, 4) is 10.6 Å². The number of anilines is 1. The average Bonchev–Trinajstić information content (AvgIpc) is 3.11. The lowest BCUT2D eigenvalue weighted by atomic mass is 10.4. The van der Waals surface area contributed by atoms with Crippen LogP contribution in [-0.4, -0.2) is 13.4 Å². The zero-order chi connectivity index (χ0) is 15.7. The first kappa shape index (κ1) is 15.8. The predicted molar refractivity (Wildman–Crippen MR) is 92.7 cm³/mol. The van der Waals surface area contributed by atoms with E-state index in [-0.39, 0.29) is 20.1 Å². The van der Waals surface area contributed by atoms with Crippen molar-refractivity contribution in [2.45, 2.75) is 4.90 Å². The van der Waals surface area contributed by atoms with Crippen molar-refractivity contribution in [2.24, 2.45) is 0 Å². The fourth-order valence-corrected chi connectivity index (χ4v) is 5.21. The minimum absolute atomic E-state index is 0.00768. The molecule has 0 aliphatic heterocycles. The van der Waals surface area contributed by atoms with E-state index in [2.05, 4.69) is 9.71 Å². The second-order valence-electron chi connectivity index (χ2n) is 4.17. The highest BCUT2D eigenvalue weighted by Gasteiger charge is 2.21. The molecule has 0 amide bonds. The van der Waals surface area contributed by atoms with Gasteiger partial charge in [-0.25, -0.2) is 13.4 Å². The highest BCUT2D eigenvalue weighted by Crippen LogP contribution is 2.32. The normalized spacial score (nSPS) is 11.5. The van der Waals surface area contributed by atoms with Crippen LogP contribution in [0.1, 0.15) is 0 Å². The Morgan fingerprint density at radius 2 is 1.91 bits per heavy atom. The summed E-state index contributed by atoms with van der Waals surface area (Å²) >= 11 is 14.6. The Hall–Kier alpha value is -1.12. The zero-order valence-corrected chi connectivity index (χ0v) is 14.7. The summed E-state index contributed by atoms with van der Waals surface area (Å²) in [5.41, 5.74) is 0.731. The van der Waals surface area contributed by atoms with E-state index < -0.39 is 10.0 Å². The van der Waals surface area contributed by atoms with Gasteiger partial charge in [-0.2, -0.15) is 0 Å². The maximum absolute atomic E-state index is 12.4. The van der Waals surface area contributed by atoms with Crippen molar-refractivity contribution < 1.29 is 8.42 Å². The molecule has 0 aliphatic carbocycles. The van der Waals surface area contributed by atoms with E-state index >= 15 is 0 Å². The van der Waals surface area contributed by atoms with Crippen molar-refractivity contribution in [2.75, 3.05) is 4.72 Å². The predicted octanol–water partition coefficient (Wildman–Crippen LogP) is 4.98. The van der Waals surface area contributed by atoms with Crippen LogP contribution < -0.4 is 4.72 Å². The molecule has 0 radical (unpaired) electrons. The molecule has 2 heterocycles. The number of nitrogens with one attached hydrogen (secondary N) is 1. The molecule has 3 aromatic rings. The molecule has 1 N–H and O–H groups in total. The van der Waals surface area contributed by atoms with Gasteiger partial charge >= 0.3 is 0 Å². The lowest BCUT2D eigenvalue weighted by Crippen LogP contribution is -2.13. The van der Waals surface area contributed by atoms with E-state index in [4.69, 9.17) is 23.2 Å². The Kier molecular flexibility index (Phi) is 4.42. The van der Waals surface area contributed by atoms with Gasteiger partial charge in [-0.3, -0.25) is 4.72 Å². The van der Waals surface area contributed by atoms with Crippen molar-refractivity contribution in [1.29, 1.82) is 0 Å². The number of rotatable bonds is 4. The summed E-state index contributed by atoms with van der Waals surface area (Å²) in [6.45, 7) is 0. The molecule has 114 valence electrons. The van der Waals surface area contributed by atoms with Crippen LogP contribution in [0.4, 0.5) is 5.13 Å². The Morgan fingerprint density at radius 3 is 2.64 bits per heavy atom. The minimum Gasteiger partial charge on any atom is -0.255 e. The fraction of sp³-hybridized carbons (Fsp3) is 0. The number of nitrogens with zero attached hydrogens (tertiary/aromatic N) is 1. The van der Waals surface area contributed by atoms with Gasteiger partial charge in [0.15, 0.2) is 5.13 Å². The summed E-state index contributed by atoms with van der Waals surface area (Å²) in [5, 5.41) is 4.18. The molecule has 22 heavy (non-hydrogen) atoms. The van der Waals surface area contributed by atoms with Crippen LogP contribution in [0.3, 0.4) is 0 Å². The van der Waals surface area contributed by atoms with E-state index in [1.54, 1.807) is 5.38 Å². The standard InChI is InChI=1S/C13H8Cl2N2O2S3/c14-8-3-1-5-11(12(8)15)22(18,19)17-13-16-9(7-21-13)10-4-2-6-20-10/h1-7H,(H,16,17). The second-order valence-corrected chi connectivity index (χ2v) is 8.41. The monoisotopic (exact) mass is 390 g/mol. The largest absolute Gasteiger partial charge is 0.265 e. The molecule has 0 fully saturated rings. The van der Waals surface area contributed by atoms with E-state index in [0.717, 1.165) is 10.6 Å². The van der Waals surface area contributed by atoms with Gasteiger partial charge in [0.25, 0.3) is 10.0 Å². The molecule has 0 aliphatic rings. The van der Waals surface area contributed by atoms with Crippen LogP contribution in [-0.2, 0) is 10.0 Å². The molecule has 2 aromatic heterocycles. The third-order valence-corrected chi connectivity index (χ3v) is 6.80. The molecule has 0 spiro atoms. The Morgan fingerprint density at radius 1 is 1.09 bits per heavy atom. The molecule has 0 atom stereocenters. The lowest BCUT2D eigenvalue weighted by Gasteiger charge is -2.07. The number of sulfonamides is 1. The van der Waals surface area contributed by atoms with Gasteiger partial charge in [0.2, 0.25) is 0 Å². The summed E-state index contributed by atoms with van der Waals surface area (Å²) in [5.74, 6) is 0. The molecule has 3 rings (SSSR count). The topological polar surface area (TPSA) is 59.1 Å². The fourth-order valence-electron chi connectivity index (χ4n) is 1.72. The van der Waals surface area contributed by atoms with E-state index in [0.29, 0.717) is 0 Å². The third-order valence-electron chi connectivity index (χ3n) is 2.71. The molecule has 9 heteroatoms. The first-order valence-electron chi connectivity index (χ1n) is 5.93. The van der Waals surface area contributed by atoms with Crippen LogP contribution in [0.15, 0.2) is 46.0 Å². The number of hydrogen-bond acceptors (Lipinski definition) is 5. The maximum Gasteiger partial charge on any atom is 0.265 e. The summed E-state index contributed by atoms with van der Waals surface area (Å²) in [6, 6.07) is 8.29. The van der Waals surface area contributed by atoms with Gasteiger partial charge in [-0.05, 0) is 23.6 Å². The molecule has 0 saturated carbocycles. The van der Waals surface area contributed by atoms with E-state index in [1.807, 2.05) is 17.5 Å². The molecule has 0 unspecified atom stereocenters. The Labute approximate surface area is 145 Å². The minimum atomic E-state index is -3.84. The molecule has 1 aromatic carbocycles.